The van der Waals surface area contributed by atoms with E-state index in [-0.39, 0.29) is 5.91 Å². The van der Waals surface area contributed by atoms with Gasteiger partial charge in [0.25, 0.3) is 5.91 Å². The largest absolute Gasteiger partial charge is 0.387 e. The molecular formula is C13H14ClN3OS. The molecule has 1 amide bonds. The molecule has 19 heavy (non-hydrogen) atoms. The Hall–Kier alpha value is -1.59. The molecule has 0 saturated carbocycles. The standard InChI is InChI=1S/C13H14ClN3OS/c1-15-11-3-2-9(14)8-10(11)13(18)17-5-4-12-16-6-7-19-12/h2-3,6-8,15H,4-5H2,1H3,(H,17,18). The Balaban J connectivity index is 1.97. The number of halogens is 1. The number of benzene rings is 1. The van der Waals surface area contributed by atoms with Gasteiger partial charge in [-0.15, -0.1) is 11.3 Å². The number of hydrogen-bond acceptors (Lipinski definition) is 4. The van der Waals surface area contributed by atoms with Gasteiger partial charge in [0.2, 0.25) is 0 Å². The van der Waals surface area contributed by atoms with Crippen molar-refractivity contribution in [2.75, 3.05) is 18.9 Å². The van der Waals surface area contributed by atoms with Crippen LogP contribution in [0, 0.1) is 0 Å². The van der Waals surface area contributed by atoms with E-state index in [2.05, 4.69) is 15.6 Å². The second kappa shape index (κ2) is 6.54. The highest BCUT2D eigenvalue weighted by Crippen LogP contribution is 2.20. The zero-order chi connectivity index (χ0) is 13.7. The van der Waals surface area contributed by atoms with Gasteiger partial charge >= 0.3 is 0 Å². The molecule has 0 unspecified atom stereocenters. The van der Waals surface area contributed by atoms with Gasteiger partial charge in [-0.2, -0.15) is 0 Å². The predicted octanol–water partition coefficient (Wildman–Crippen LogP) is 2.81. The molecular weight excluding hydrogens is 282 g/mol. The first kappa shape index (κ1) is 13.8. The van der Waals surface area contributed by atoms with Crippen LogP contribution in [0.1, 0.15) is 15.4 Å². The van der Waals surface area contributed by atoms with Crippen LogP contribution in [0.4, 0.5) is 5.69 Å². The van der Waals surface area contributed by atoms with E-state index in [1.165, 1.54) is 0 Å². The van der Waals surface area contributed by atoms with Gasteiger partial charge in [-0.25, -0.2) is 4.98 Å². The van der Waals surface area contributed by atoms with Crippen LogP contribution in [-0.2, 0) is 6.42 Å². The lowest BCUT2D eigenvalue weighted by molar-refractivity contribution is 0.0955. The van der Waals surface area contributed by atoms with Crippen LogP contribution in [0.15, 0.2) is 29.8 Å². The van der Waals surface area contributed by atoms with Crippen LogP contribution in [-0.4, -0.2) is 24.5 Å². The summed E-state index contributed by atoms with van der Waals surface area (Å²) in [6.07, 6.45) is 2.50. The quantitative estimate of drug-likeness (QED) is 0.892. The third-order valence-electron chi connectivity index (χ3n) is 2.60. The number of carbonyl (C=O) groups is 1. The molecule has 2 rings (SSSR count). The van der Waals surface area contributed by atoms with Crippen molar-refractivity contribution in [2.45, 2.75) is 6.42 Å². The van der Waals surface area contributed by atoms with Gasteiger partial charge in [0.05, 0.1) is 10.6 Å². The highest BCUT2D eigenvalue weighted by atomic mass is 35.5. The average molecular weight is 296 g/mol. The average Bonchev–Trinajstić information content (AvgIpc) is 2.91. The van der Waals surface area contributed by atoms with E-state index in [1.807, 2.05) is 5.38 Å². The molecule has 1 heterocycles. The Kier molecular flexibility index (Phi) is 4.76. The van der Waals surface area contributed by atoms with E-state index in [0.717, 1.165) is 17.1 Å². The summed E-state index contributed by atoms with van der Waals surface area (Å²) < 4.78 is 0. The zero-order valence-corrected chi connectivity index (χ0v) is 12.0. The monoisotopic (exact) mass is 295 g/mol. The smallest absolute Gasteiger partial charge is 0.253 e. The molecule has 0 aliphatic heterocycles. The number of carbonyl (C=O) groups excluding carboxylic acids is 1. The highest BCUT2D eigenvalue weighted by Gasteiger charge is 2.11. The minimum absolute atomic E-state index is 0.136. The van der Waals surface area contributed by atoms with E-state index in [0.29, 0.717) is 17.1 Å². The van der Waals surface area contributed by atoms with Gasteiger partial charge in [0.15, 0.2) is 0 Å². The number of amides is 1. The molecule has 0 aliphatic rings. The van der Waals surface area contributed by atoms with Crippen molar-refractivity contribution in [2.24, 2.45) is 0 Å². The van der Waals surface area contributed by atoms with Crippen LogP contribution in [0.5, 0.6) is 0 Å². The Bertz CT molecular complexity index is 557. The third-order valence-corrected chi connectivity index (χ3v) is 3.68. The summed E-state index contributed by atoms with van der Waals surface area (Å²) in [7, 11) is 1.77. The summed E-state index contributed by atoms with van der Waals surface area (Å²) in [6, 6.07) is 5.20. The first-order valence-corrected chi connectivity index (χ1v) is 7.10. The molecule has 2 N–H and O–H groups in total. The molecule has 0 fully saturated rings. The fraction of sp³-hybridized carbons (Fsp3) is 0.231. The number of hydrogen-bond donors (Lipinski definition) is 2. The lowest BCUT2D eigenvalue weighted by Crippen LogP contribution is -2.26. The van der Waals surface area contributed by atoms with Crippen molar-refractivity contribution in [1.82, 2.24) is 10.3 Å². The topological polar surface area (TPSA) is 54.0 Å². The van der Waals surface area contributed by atoms with Gasteiger partial charge in [-0.1, -0.05) is 11.6 Å². The fourth-order valence-electron chi connectivity index (χ4n) is 1.68. The SMILES string of the molecule is CNc1ccc(Cl)cc1C(=O)NCCc1nccs1. The Morgan fingerprint density at radius 1 is 1.47 bits per heavy atom. The van der Waals surface area contributed by atoms with E-state index in [4.69, 9.17) is 11.6 Å². The summed E-state index contributed by atoms with van der Waals surface area (Å²) in [6.45, 7) is 0.558. The lowest BCUT2D eigenvalue weighted by atomic mass is 10.1. The maximum atomic E-state index is 12.1. The number of rotatable bonds is 5. The summed E-state index contributed by atoms with van der Waals surface area (Å²) in [4.78, 5) is 16.2. The highest BCUT2D eigenvalue weighted by molar-refractivity contribution is 7.09. The van der Waals surface area contributed by atoms with Crippen LogP contribution in [0.25, 0.3) is 0 Å². The second-order valence-corrected chi connectivity index (χ2v) is 5.29. The van der Waals surface area contributed by atoms with Gasteiger partial charge in [-0.3, -0.25) is 4.79 Å². The minimum Gasteiger partial charge on any atom is -0.387 e. The van der Waals surface area contributed by atoms with E-state index in [9.17, 15) is 4.79 Å². The second-order valence-electron chi connectivity index (χ2n) is 3.87. The van der Waals surface area contributed by atoms with Crippen molar-refractivity contribution >= 4 is 34.5 Å². The molecule has 0 atom stereocenters. The van der Waals surface area contributed by atoms with Crippen molar-refractivity contribution in [3.8, 4) is 0 Å². The Morgan fingerprint density at radius 2 is 2.32 bits per heavy atom. The van der Waals surface area contributed by atoms with Crippen molar-refractivity contribution in [3.63, 3.8) is 0 Å². The van der Waals surface area contributed by atoms with Gasteiger partial charge in [0.1, 0.15) is 0 Å². The first-order valence-electron chi connectivity index (χ1n) is 5.84. The van der Waals surface area contributed by atoms with E-state index < -0.39 is 0 Å². The molecule has 2 aromatic rings. The fourth-order valence-corrected chi connectivity index (χ4v) is 2.47. The van der Waals surface area contributed by atoms with Gasteiger partial charge < -0.3 is 10.6 Å². The zero-order valence-electron chi connectivity index (χ0n) is 10.4. The van der Waals surface area contributed by atoms with Crippen molar-refractivity contribution in [3.05, 3.63) is 45.4 Å². The third kappa shape index (κ3) is 3.68. The van der Waals surface area contributed by atoms with Crippen LogP contribution < -0.4 is 10.6 Å². The number of nitrogens with zero attached hydrogens (tertiary/aromatic N) is 1. The van der Waals surface area contributed by atoms with Gasteiger partial charge in [0, 0.05) is 42.3 Å². The normalized spacial score (nSPS) is 10.2. The van der Waals surface area contributed by atoms with Crippen molar-refractivity contribution in [1.29, 1.82) is 0 Å². The molecule has 1 aromatic carbocycles. The van der Waals surface area contributed by atoms with E-state index >= 15 is 0 Å². The number of nitrogens with one attached hydrogen (secondary N) is 2. The molecule has 0 bridgehead atoms. The van der Waals surface area contributed by atoms with Crippen molar-refractivity contribution < 1.29 is 4.79 Å². The molecule has 6 heteroatoms. The molecule has 4 nitrogen and oxygen atoms in total. The maximum absolute atomic E-state index is 12.1. The van der Waals surface area contributed by atoms with Crippen LogP contribution in [0.3, 0.4) is 0 Å². The first-order chi connectivity index (χ1) is 9.20. The Morgan fingerprint density at radius 3 is 3.00 bits per heavy atom. The molecule has 0 spiro atoms. The minimum atomic E-state index is -0.136. The maximum Gasteiger partial charge on any atom is 0.253 e. The molecule has 1 aromatic heterocycles. The molecule has 100 valence electrons. The van der Waals surface area contributed by atoms with E-state index in [1.54, 1.807) is 42.8 Å². The number of aromatic nitrogens is 1. The van der Waals surface area contributed by atoms with Crippen LogP contribution in [0.2, 0.25) is 5.02 Å². The summed E-state index contributed by atoms with van der Waals surface area (Å²) in [5.41, 5.74) is 1.31. The summed E-state index contributed by atoms with van der Waals surface area (Å²) in [5, 5.41) is 9.33. The predicted molar refractivity (Wildman–Crippen MR) is 79.1 cm³/mol. The molecule has 0 radical (unpaired) electrons. The lowest BCUT2D eigenvalue weighted by Gasteiger charge is -2.09. The molecule has 0 aliphatic carbocycles. The number of thiazole rings is 1. The van der Waals surface area contributed by atoms with Gasteiger partial charge in [-0.05, 0) is 18.2 Å². The Labute approximate surface area is 120 Å². The molecule has 0 saturated heterocycles. The summed E-state index contributed by atoms with van der Waals surface area (Å²) >= 11 is 7.50. The van der Waals surface area contributed by atoms with Crippen LogP contribution >= 0.6 is 22.9 Å². The summed E-state index contributed by atoms with van der Waals surface area (Å²) in [5.74, 6) is -0.136. The number of anilines is 1.